The summed E-state index contributed by atoms with van der Waals surface area (Å²) in [5, 5.41) is 2.77. The molecule has 0 radical (unpaired) electrons. The van der Waals surface area contributed by atoms with Crippen LogP contribution in [0, 0.1) is 32.5 Å². The fourth-order valence-corrected chi connectivity index (χ4v) is 4.92. The Morgan fingerprint density at radius 3 is 2.55 bits per heavy atom. The smallest absolute Gasteiger partial charge is 0.227 e. The summed E-state index contributed by atoms with van der Waals surface area (Å²) in [6.07, 6.45) is 3.11. The zero-order valence-electron chi connectivity index (χ0n) is 19.9. The minimum Gasteiger partial charge on any atom is -0.338 e. The monoisotopic (exact) mass is 451 g/mol. The van der Waals surface area contributed by atoms with E-state index in [1.807, 2.05) is 4.90 Å². The summed E-state index contributed by atoms with van der Waals surface area (Å²) in [6.45, 7) is 9.63. The molecule has 2 aromatic rings. The van der Waals surface area contributed by atoms with Gasteiger partial charge in [-0.05, 0) is 86.5 Å². The quantitative estimate of drug-likeness (QED) is 0.734. The third kappa shape index (κ3) is 5.61. The number of fused-ring (bicyclic) bond motifs is 1. The van der Waals surface area contributed by atoms with Crippen molar-refractivity contribution in [2.75, 3.05) is 31.5 Å². The van der Waals surface area contributed by atoms with E-state index in [4.69, 9.17) is 0 Å². The minimum absolute atomic E-state index is 0.0129. The van der Waals surface area contributed by atoms with E-state index in [0.717, 1.165) is 32.4 Å². The minimum atomic E-state index is -0.323. The molecule has 2 aromatic carbocycles. The first-order valence-electron chi connectivity index (χ1n) is 12.0. The first-order valence-corrected chi connectivity index (χ1v) is 12.0. The van der Waals surface area contributed by atoms with Gasteiger partial charge in [0.15, 0.2) is 0 Å². The Morgan fingerprint density at radius 1 is 1.03 bits per heavy atom. The molecule has 2 amide bonds. The van der Waals surface area contributed by atoms with Crippen LogP contribution >= 0.6 is 0 Å². The number of hydrogen-bond acceptors (Lipinski definition) is 3. The molecule has 1 atom stereocenters. The molecule has 4 rings (SSSR count). The number of hydrogen-bond donors (Lipinski definition) is 1. The predicted molar refractivity (Wildman–Crippen MR) is 129 cm³/mol. The van der Waals surface area contributed by atoms with Gasteiger partial charge in [-0.2, -0.15) is 0 Å². The van der Waals surface area contributed by atoms with E-state index >= 15 is 0 Å². The van der Waals surface area contributed by atoms with Crippen molar-refractivity contribution >= 4 is 17.5 Å². The SMILES string of the molecule is Cc1cc2c(cc1C)CN(C(=O)C1CCCN(CCC(=O)Nc3ccc(C)c(F)c3)C1)CC2. The molecule has 6 heteroatoms. The number of carbonyl (C=O) groups is 2. The van der Waals surface area contributed by atoms with Crippen molar-refractivity contribution in [3.8, 4) is 0 Å². The summed E-state index contributed by atoms with van der Waals surface area (Å²) in [5.41, 5.74) is 6.26. The van der Waals surface area contributed by atoms with Crippen LogP contribution in [0.4, 0.5) is 10.1 Å². The number of rotatable bonds is 5. The number of carbonyl (C=O) groups excluding carboxylic acids is 2. The van der Waals surface area contributed by atoms with Crippen molar-refractivity contribution in [1.82, 2.24) is 9.80 Å². The molecule has 33 heavy (non-hydrogen) atoms. The van der Waals surface area contributed by atoms with E-state index in [1.54, 1.807) is 19.1 Å². The number of likely N-dealkylation sites (tertiary alicyclic amines) is 1. The van der Waals surface area contributed by atoms with Gasteiger partial charge in [-0.15, -0.1) is 0 Å². The van der Waals surface area contributed by atoms with Gasteiger partial charge >= 0.3 is 0 Å². The zero-order chi connectivity index (χ0) is 23.5. The Morgan fingerprint density at radius 2 is 1.79 bits per heavy atom. The topological polar surface area (TPSA) is 52.7 Å². The molecule has 0 bridgehead atoms. The van der Waals surface area contributed by atoms with Gasteiger partial charge in [0, 0.05) is 38.3 Å². The highest BCUT2D eigenvalue weighted by Gasteiger charge is 2.31. The van der Waals surface area contributed by atoms with E-state index < -0.39 is 0 Å². The number of aryl methyl sites for hydroxylation is 3. The second kappa shape index (κ2) is 10.0. The Hall–Kier alpha value is -2.73. The first-order chi connectivity index (χ1) is 15.8. The van der Waals surface area contributed by atoms with E-state index in [-0.39, 0.29) is 23.5 Å². The van der Waals surface area contributed by atoms with Crippen molar-refractivity contribution in [2.24, 2.45) is 5.92 Å². The lowest BCUT2D eigenvalue weighted by Crippen LogP contribution is -2.46. The number of piperidine rings is 1. The maximum atomic E-state index is 13.7. The highest BCUT2D eigenvalue weighted by atomic mass is 19.1. The fraction of sp³-hybridized carbons (Fsp3) is 0.481. The third-order valence-corrected chi connectivity index (χ3v) is 7.11. The van der Waals surface area contributed by atoms with Crippen LogP contribution in [0.15, 0.2) is 30.3 Å². The molecule has 1 saturated heterocycles. The van der Waals surface area contributed by atoms with E-state index in [0.29, 0.717) is 37.3 Å². The second-order valence-electron chi connectivity index (χ2n) is 9.62. The van der Waals surface area contributed by atoms with Gasteiger partial charge in [-0.25, -0.2) is 4.39 Å². The van der Waals surface area contributed by atoms with E-state index in [2.05, 4.69) is 36.2 Å². The molecular weight excluding hydrogens is 417 g/mol. The number of halogens is 1. The third-order valence-electron chi connectivity index (χ3n) is 7.11. The van der Waals surface area contributed by atoms with E-state index in [9.17, 15) is 14.0 Å². The summed E-state index contributed by atoms with van der Waals surface area (Å²) < 4.78 is 13.7. The molecule has 2 aliphatic rings. The standard InChI is InChI=1S/C27H34FN3O2/c1-18-6-7-24(15-25(18)28)29-26(32)9-11-30-10-4-5-22(16-30)27(33)31-12-8-21-13-19(2)20(3)14-23(21)17-31/h6-7,13-15,22H,4-5,8-12,16-17H2,1-3H3,(H,29,32). The molecule has 1 N–H and O–H groups in total. The molecule has 0 aromatic heterocycles. The predicted octanol–water partition coefficient (Wildman–Crippen LogP) is 4.38. The molecule has 2 heterocycles. The number of nitrogens with one attached hydrogen (secondary N) is 1. The molecule has 176 valence electrons. The summed E-state index contributed by atoms with van der Waals surface area (Å²) in [4.78, 5) is 29.9. The van der Waals surface area contributed by atoms with Gasteiger partial charge in [-0.1, -0.05) is 18.2 Å². The number of amides is 2. The zero-order valence-corrected chi connectivity index (χ0v) is 19.9. The summed E-state index contributed by atoms with van der Waals surface area (Å²) >= 11 is 0. The van der Waals surface area contributed by atoms with Crippen molar-refractivity contribution in [3.63, 3.8) is 0 Å². The lowest BCUT2D eigenvalue weighted by molar-refractivity contribution is -0.138. The molecule has 0 saturated carbocycles. The lowest BCUT2D eigenvalue weighted by atomic mass is 9.92. The molecule has 1 unspecified atom stereocenters. The Bertz CT molecular complexity index is 1050. The summed E-state index contributed by atoms with van der Waals surface area (Å²) in [5.74, 6) is -0.231. The average molecular weight is 452 g/mol. The molecule has 5 nitrogen and oxygen atoms in total. The van der Waals surface area contributed by atoms with Gasteiger partial charge in [0.2, 0.25) is 11.8 Å². The maximum absolute atomic E-state index is 13.7. The highest BCUT2D eigenvalue weighted by molar-refractivity contribution is 5.90. The molecule has 0 aliphatic carbocycles. The van der Waals surface area contributed by atoms with Crippen LogP contribution in [0.3, 0.4) is 0 Å². The number of anilines is 1. The maximum Gasteiger partial charge on any atom is 0.227 e. The van der Waals surface area contributed by atoms with Crippen LogP contribution in [-0.2, 0) is 22.6 Å². The highest BCUT2D eigenvalue weighted by Crippen LogP contribution is 2.26. The van der Waals surface area contributed by atoms with Crippen molar-refractivity contribution in [2.45, 2.75) is 53.0 Å². The van der Waals surface area contributed by atoms with Crippen LogP contribution in [0.1, 0.15) is 47.1 Å². The Balaban J connectivity index is 1.29. The number of nitrogens with zero attached hydrogens (tertiary/aromatic N) is 2. The van der Waals surface area contributed by atoms with E-state index in [1.165, 1.54) is 28.3 Å². The van der Waals surface area contributed by atoms with Crippen LogP contribution in [0.2, 0.25) is 0 Å². The first kappa shape index (κ1) is 23.4. The van der Waals surface area contributed by atoms with Crippen molar-refractivity contribution in [3.05, 3.63) is 64.0 Å². The van der Waals surface area contributed by atoms with Crippen LogP contribution in [-0.4, -0.2) is 47.8 Å². The summed E-state index contributed by atoms with van der Waals surface area (Å²) in [7, 11) is 0. The van der Waals surface area contributed by atoms with Gasteiger partial charge < -0.3 is 15.1 Å². The van der Waals surface area contributed by atoms with Gasteiger partial charge in [-0.3, -0.25) is 9.59 Å². The van der Waals surface area contributed by atoms with Crippen molar-refractivity contribution < 1.29 is 14.0 Å². The average Bonchev–Trinajstić information content (AvgIpc) is 2.80. The lowest BCUT2D eigenvalue weighted by Gasteiger charge is -2.37. The Labute approximate surface area is 196 Å². The molecule has 2 aliphatic heterocycles. The number of benzene rings is 2. The fourth-order valence-electron chi connectivity index (χ4n) is 4.92. The van der Waals surface area contributed by atoms with Crippen LogP contribution in [0.25, 0.3) is 0 Å². The second-order valence-corrected chi connectivity index (χ2v) is 9.62. The normalized spacial score (nSPS) is 18.7. The summed E-state index contributed by atoms with van der Waals surface area (Å²) in [6, 6.07) is 9.22. The Kier molecular flexibility index (Phi) is 7.13. The van der Waals surface area contributed by atoms with Crippen molar-refractivity contribution in [1.29, 1.82) is 0 Å². The van der Waals surface area contributed by atoms with Gasteiger partial charge in [0.1, 0.15) is 5.82 Å². The van der Waals surface area contributed by atoms with Gasteiger partial charge in [0.25, 0.3) is 0 Å². The van der Waals surface area contributed by atoms with Gasteiger partial charge in [0.05, 0.1) is 5.92 Å². The largest absolute Gasteiger partial charge is 0.338 e. The molecule has 1 fully saturated rings. The molecule has 0 spiro atoms. The van der Waals surface area contributed by atoms with Crippen LogP contribution < -0.4 is 5.32 Å². The molecular formula is C27H34FN3O2. The van der Waals surface area contributed by atoms with Crippen LogP contribution in [0.5, 0.6) is 0 Å².